The van der Waals surface area contributed by atoms with E-state index in [1.165, 1.54) is 0 Å². The van der Waals surface area contributed by atoms with Crippen molar-refractivity contribution < 1.29 is 10.2 Å². The van der Waals surface area contributed by atoms with Gasteiger partial charge in [-0.05, 0) is 31.9 Å². The molecule has 3 N–H and O–H groups in total. The van der Waals surface area contributed by atoms with E-state index in [0.29, 0.717) is 31.6 Å². The second-order valence-corrected chi connectivity index (χ2v) is 4.45. The van der Waals surface area contributed by atoms with Crippen LogP contribution in [0.25, 0.3) is 0 Å². The van der Waals surface area contributed by atoms with Crippen LogP contribution < -0.4 is 5.32 Å². The maximum absolute atomic E-state index is 10.1. The van der Waals surface area contributed by atoms with Gasteiger partial charge < -0.3 is 15.5 Å². The zero-order valence-corrected chi connectivity index (χ0v) is 10.8. The Morgan fingerprint density at radius 2 is 1.94 bits per heavy atom. The summed E-state index contributed by atoms with van der Waals surface area (Å²) in [6, 6.07) is 3.42. The van der Waals surface area contributed by atoms with Crippen molar-refractivity contribution in [3.05, 3.63) is 23.5 Å². The largest absolute Gasteiger partial charge is 0.506 e. The summed E-state index contributed by atoms with van der Waals surface area (Å²) in [5, 5.41) is 22.8. The third-order valence-electron chi connectivity index (χ3n) is 3.15. The molecule has 96 valence electrons. The molecule has 17 heavy (non-hydrogen) atoms. The topological polar surface area (TPSA) is 65.4 Å². The normalized spacial score (nSPS) is 11.8. The molecule has 0 atom stereocenters. The summed E-state index contributed by atoms with van der Waals surface area (Å²) in [4.78, 5) is 4.25. The van der Waals surface area contributed by atoms with Gasteiger partial charge in [0.1, 0.15) is 5.75 Å². The van der Waals surface area contributed by atoms with Gasteiger partial charge in [0, 0.05) is 18.8 Å². The third kappa shape index (κ3) is 3.98. The van der Waals surface area contributed by atoms with Crippen LogP contribution in [0.15, 0.2) is 12.1 Å². The van der Waals surface area contributed by atoms with Crippen LogP contribution >= 0.6 is 0 Å². The molecule has 0 aliphatic heterocycles. The maximum Gasteiger partial charge on any atom is 0.138 e. The fourth-order valence-corrected chi connectivity index (χ4v) is 1.65. The zero-order valence-electron chi connectivity index (χ0n) is 10.8. The Labute approximate surface area is 103 Å². The van der Waals surface area contributed by atoms with Gasteiger partial charge in [-0.15, -0.1) is 0 Å². The van der Waals surface area contributed by atoms with Gasteiger partial charge in [0.2, 0.25) is 0 Å². The molecule has 0 aliphatic rings. The summed E-state index contributed by atoms with van der Waals surface area (Å²) >= 11 is 0. The number of nitrogens with zero attached hydrogens (tertiary/aromatic N) is 1. The van der Waals surface area contributed by atoms with E-state index in [-0.39, 0.29) is 5.75 Å². The number of aromatic nitrogens is 1. The van der Waals surface area contributed by atoms with Crippen LogP contribution in [0.2, 0.25) is 0 Å². The molecule has 1 aromatic rings. The van der Waals surface area contributed by atoms with E-state index in [4.69, 9.17) is 0 Å². The van der Waals surface area contributed by atoms with Crippen molar-refractivity contribution in [3.63, 3.8) is 0 Å². The van der Waals surface area contributed by atoms with Gasteiger partial charge in [-0.2, -0.15) is 0 Å². The predicted molar refractivity (Wildman–Crippen MR) is 67.9 cm³/mol. The molecule has 1 aromatic heterocycles. The summed E-state index contributed by atoms with van der Waals surface area (Å²) in [7, 11) is 0. The summed E-state index contributed by atoms with van der Waals surface area (Å²) in [6.07, 6.45) is 1.42. The molecular weight excluding hydrogens is 216 g/mol. The molecule has 0 bridgehead atoms. The average Bonchev–Trinajstić information content (AvgIpc) is 2.33. The minimum absolute atomic E-state index is 0.194. The number of aromatic hydroxyl groups is 1. The van der Waals surface area contributed by atoms with E-state index in [2.05, 4.69) is 10.3 Å². The molecule has 4 nitrogen and oxygen atoms in total. The lowest BCUT2D eigenvalue weighted by Gasteiger charge is -2.25. The first-order valence-electron chi connectivity index (χ1n) is 6.09. The fourth-order valence-electron chi connectivity index (χ4n) is 1.65. The minimum Gasteiger partial charge on any atom is -0.506 e. The van der Waals surface area contributed by atoms with E-state index < -0.39 is 5.60 Å². The number of pyridine rings is 1. The monoisotopic (exact) mass is 238 g/mol. The zero-order chi connectivity index (χ0) is 12.9. The maximum atomic E-state index is 10.1. The molecule has 0 fully saturated rings. The minimum atomic E-state index is -0.667. The highest BCUT2D eigenvalue weighted by Crippen LogP contribution is 2.16. The van der Waals surface area contributed by atoms with Crippen molar-refractivity contribution in [2.45, 2.75) is 45.8 Å². The lowest BCUT2D eigenvalue weighted by molar-refractivity contribution is 0.0322. The molecule has 0 saturated heterocycles. The molecule has 0 aliphatic carbocycles. The van der Waals surface area contributed by atoms with Gasteiger partial charge in [-0.3, -0.25) is 4.98 Å². The van der Waals surface area contributed by atoms with Crippen molar-refractivity contribution in [1.82, 2.24) is 10.3 Å². The van der Waals surface area contributed by atoms with Crippen LogP contribution in [0.5, 0.6) is 5.75 Å². The number of hydrogen-bond acceptors (Lipinski definition) is 4. The number of hydrogen-bond donors (Lipinski definition) is 3. The van der Waals surface area contributed by atoms with Gasteiger partial charge >= 0.3 is 0 Å². The van der Waals surface area contributed by atoms with Crippen molar-refractivity contribution in [2.24, 2.45) is 0 Å². The Kier molecular flexibility index (Phi) is 4.90. The van der Waals surface area contributed by atoms with E-state index >= 15 is 0 Å². The Morgan fingerprint density at radius 3 is 2.53 bits per heavy atom. The smallest absolute Gasteiger partial charge is 0.138 e. The van der Waals surface area contributed by atoms with Crippen LogP contribution in [-0.4, -0.2) is 27.3 Å². The van der Waals surface area contributed by atoms with Crippen LogP contribution in [0.3, 0.4) is 0 Å². The Morgan fingerprint density at radius 1 is 1.29 bits per heavy atom. The quantitative estimate of drug-likeness (QED) is 0.706. The number of aryl methyl sites for hydroxylation is 1. The van der Waals surface area contributed by atoms with Gasteiger partial charge in [0.05, 0.1) is 11.3 Å². The van der Waals surface area contributed by atoms with Crippen LogP contribution in [0, 0.1) is 6.92 Å². The molecule has 0 unspecified atom stereocenters. The first kappa shape index (κ1) is 13.9. The van der Waals surface area contributed by atoms with Gasteiger partial charge in [-0.1, -0.05) is 13.8 Å². The first-order chi connectivity index (χ1) is 8.00. The summed E-state index contributed by atoms with van der Waals surface area (Å²) < 4.78 is 0. The first-order valence-corrected chi connectivity index (χ1v) is 6.09. The van der Waals surface area contributed by atoms with Crippen molar-refractivity contribution in [1.29, 1.82) is 0 Å². The van der Waals surface area contributed by atoms with E-state index in [1.54, 1.807) is 12.1 Å². The Hall–Kier alpha value is -1.13. The molecule has 0 aromatic carbocycles. The molecule has 1 heterocycles. The lowest BCUT2D eigenvalue weighted by Crippen LogP contribution is -2.39. The predicted octanol–water partition coefficient (Wildman–Crippen LogP) is 1.74. The lowest BCUT2D eigenvalue weighted by atomic mass is 9.97. The van der Waals surface area contributed by atoms with E-state index in [0.717, 1.165) is 5.69 Å². The Balaban J connectivity index is 2.53. The van der Waals surface area contributed by atoms with Crippen molar-refractivity contribution in [3.8, 4) is 5.75 Å². The fraction of sp³-hybridized carbons (Fsp3) is 0.615. The molecule has 1 rings (SSSR count). The number of aliphatic hydroxyl groups is 1. The molecule has 0 amide bonds. The molecular formula is C13H22N2O2. The molecule has 4 heteroatoms. The SMILES string of the molecule is CCC(O)(CC)CNCc1nc(C)ccc1O. The third-order valence-corrected chi connectivity index (χ3v) is 3.15. The standard InChI is InChI=1S/C13H22N2O2/c1-4-13(17,5-2)9-14-8-11-12(16)7-6-10(3)15-11/h6-7,14,16-17H,4-5,8-9H2,1-3H3. The molecule has 0 radical (unpaired) electrons. The number of rotatable bonds is 6. The van der Waals surface area contributed by atoms with E-state index in [9.17, 15) is 10.2 Å². The van der Waals surface area contributed by atoms with Crippen LogP contribution in [-0.2, 0) is 6.54 Å². The Bertz CT molecular complexity index is 362. The molecule has 0 spiro atoms. The van der Waals surface area contributed by atoms with Crippen LogP contribution in [0.4, 0.5) is 0 Å². The van der Waals surface area contributed by atoms with Crippen LogP contribution in [0.1, 0.15) is 38.1 Å². The average molecular weight is 238 g/mol. The number of nitrogens with one attached hydrogen (secondary N) is 1. The highest BCUT2D eigenvalue weighted by atomic mass is 16.3. The second-order valence-electron chi connectivity index (χ2n) is 4.45. The highest BCUT2D eigenvalue weighted by Gasteiger charge is 2.21. The summed E-state index contributed by atoms with van der Waals surface area (Å²) in [5.41, 5.74) is 0.833. The van der Waals surface area contributed by atoms with Crippen molar-refractivity contribution >= 4 is 0 Å². The second kappa shape index (κ2) is 5.98. The van der Waals surface area contributed by atoms with Gasteiger partial charge in [0.15, 0.2) is 0 Å². The van der Waals surface area contributed by atoms with Crippen molar-refractivity contribution in [2.75, 3.05) is 6.54 Å². The summed E-state index contributed by atoms with van der Waals surface area (Å²) in [5.74, 6) is 0.194. The summed E-state index contributed by atoms with van der Waals surface area (Å²) in [6.45, 7) is 6.80. The van der Waals surface area contributed by atoms with E-state index in [1.807, 2.05) is 20.8 Å². The highest BCUT2D eigenvalue weighted by molar-refractivity contribution is 5.27. The van der Waals surface area contributed by atoms with Gasteiger partial charge in [-0.25, -0.2) is 0 Å². The molecule has 0 saturated carbocycles. The van der Waals surface area contributed by atoms with Gasteiger partial charge in [0.25, 0.3) is 0 Å².